The summed E-state index contributed by atoms with van der Waals surface area (Å²) in [6.07, 6.45) is 1.60. The minimum Gasteiger partial charge on any atom is -0.497 e. The first-order chi connectivity index (χ1) is 14.1. The number of anilines is 1. The van der Waals surface area contributed by atoms with Crippen LogP contribution in [0.15, 0.2) is 65.3 Å². The fraction of sp³-hybridized carbons (Fsp3) is 0.182. The van der Waals surface area contributed by atoms with Crippen LogP contribution in [-0.2, 0) is 17.8 Å². The van der Waals surface area contributed by atoms with E-state index >= 15 is 0 Å². The van der Waals surface area contributed by atoms with Crippen molar-refractivity contribution in [1.82, 2.24) is 5.32 Å². The van der Waals surface area contributed by atoms with Gasteiger partial charge in [0, 0.05) is 17.8 Å². The summed E-state index contributed by atoms with van der Waals surface area (Å²) in [7, 11) is 3.13. The van der Waals surface area contributed by atoms with Gasteiger partial charge in [0.25, 0.3) is 5.91 Å². The lowest BCUT2D eigenvalue weighted by Crippen LogP contribution is -2.24. The van der Waals surface area contributed by atoms with Crippen LogP contribution in [0.5, 0.6) is 11.5 Å². The summed E-state index contributed by atoms with van der Waals surface area (Å²) in [4.78, 5) is 24.5. The summed E-state index contributed by atoms with van der Waals surface area (Å²) in [6, 6.07) is 15.8. The van der Waals surface area contributed by atoms with E-state index in [4.69, 9.17) is 13.9 Å². The number of rotatable bonds is 8. The Balaban J connectivity index is 1.59. The Kier molecular flexibility index (Phi) is 6.52. The van der Waals surface area contributed by atoms with Crippen molar-refractivity contribution in [2.24, 2.45) is 0 Å². The Bertz CT molecular complexity index is 983. The van der Waals surface area contributed by atoms with Gasteiger partial charge in [-0.1, -0.05) is 12.1 Å². The van der Waals surface area contributed by atoms with Crippen molar-refractivity contribution in [2.75, 3.05) is 19.5 Å². The number of carbonyl (C=O) groups excluding carboxylic acids is 2. The van der Waals surface area contributed by atoms with Crippen molar-refractivity contribution in [3.8, 4) is 11.5 Å². The van der Waals surface area contributed by atoms with E-state index in [1.165, 1.54) is 6.26 Å². The van der Waals surface area contributed by atoms with Gasteiger partial charge in [-0.15, -0.1) is 0 Å². The maximum atomic E-state index is 12.4. The van der Waals surface area contributed by atoms with Crippen molar-refractivity contribution < 1.29 is 23.5 Å². The fourth-order valence-corrected chi connectivity index (χ4v) is 2.82. The normalized spacial score (nSPS) is 10.3. The molecule has 7 heteroatoms. The van der Waals surface area contributed by atoms with Crippen LogP contribution in [0.2, 0.25) is 0 Å². The number of hydrogen-bond donors (Lipinski definition) is 2. The second-order valence-corrected chi connectivity index (χ2v) is 6.26. The first-order valence-corrected chi connectivity index (χ1v) is 9.00. The third kappa shape index (κ3) is 5.38. The zero-order chi connectivity index (χ0) is 20.6. The van der Waals surface area contributed by atoms with Crippen molar-refractivity contribution in [3.05, 3.63) is 77.7 Å². The van der Waals surface area contributed by atoms with Crippen LogP contribution >= 0.6 is 0 Å². The van der Waals surface area contributed by atoms with Crippen LogP contribution in [0.4, 0.5) is 5.69 Å². The van der Waals surface area contributed by atoms with Crippen molar-refractivity contribution in [3.63, 3.8) is 0 Å². The maximum Gasteiger partial charge on any atom is 0.291 e. The van der Waals surface area contributed by atoms with Crippen LogP contribution in [-0.4, -0.2) is 26.0 Å². The predicted molar refractivity (Wildman–Crippen MR) is 108 cm³/mol. The molecule has 7 nitrogen and oxygen atoms in total. The second-order valence-electron chi connectivity index (χ2n) is 6.26. The molecule has 2 aromatic carbocycles. The van der Waals surface area contributed by atoms with Gasteiger partial charge < -0.3 is 24.5 Å². The molecule has 3 rings (SSSR count). The standard InChI is InChI=1S/C22H22N2O5/c1-27-18-8-9-19(28-2)16(12-18)13-21(25)23-14-15-5-3-6-17(11-15)24-22(26)20-7-4-10-29-20/h3-12H,13-14H2,1-2H3,(H,23,25)(H,24,26). The zero-order valence-corrected chi connectivity index (χ0v) is 16.2. The Morgan fingerprint density at radius 3 is 2.59 bits per heavy atom. The average Bonchev–Trinajstić information content (AvgIpc) is 3.27. The maximum absolute atomic E-state index is 12.4. The van der Waals surface area contributed by atoms with E-state index in [1.807, 2.05) is 12.1 Å². The molecule has 2 N–H and O–H groups in total. The first-order valence-electron chi connectivity index (χ1n) is 9.00. The molecule has 0 aliphatic carbocycles. The average molecular weight is 394 g/mol. The summed E-state index contributed by atoms with van der Waals surface area (Å²) in [5.74, 6) is 1.04. The number of furan rings is 1. The molecular formula is C22H22N2O5. The molecule has 0 unspecified atom stereocenters. The SMILES string of the molecule is COc1ccc(OC)c(CC(=O)NCc2cccc(NC(=O)c3ccco3)c2)c1. The molecule has 0 bridgehead atoms. The molecule has 1 aromatic heterocycles. The Hall–Kier alpha value is -3.74. The summed E-state index contributed by atoms with van der Waals surface area (Å²) in [6.45, 7) is 0.329. The van der Waals surface area contributed by atoms with Gasteiger partial charge in [-0.3, -0.25) is 9.59 Å². The van der Waals surface area contributed by atoms with Gasteiger partial charge in [0.05, 0.1) is 26.9 Å². The molecule has 0 aliphatic rings. The van der Waals surface area contributed by atoms with Gasteiger partial charge in [-0.2, -0.15) is 0 Å². The predicted octanol–water partition coefficient (Wildman–Crippen LogP) is 3.41. The molecule has 0 fully saturated rings. The van der Waals surface area contributed by atoms with E-state index in [2.05, 4.69) is 10.6 Å². The lowest BCUT2D eigenvalue weighted by molar-refractivity contribution is -0.120. The number of methoxy groups -OCH3 is 2. The lowest BCUT2D eigenvalue weighted by atomic mass is 10.1. The highest BCUT2D eigenvalue weighted by Gasteiger charge is 2.11. The molecular weight excluding hydrogens is 372 g/mol. The van der Waals surface area contributed by atoms with Gasteiger partial charge in [-0.05, 0) is 48.0 Å². The number of nitrogens with one attached hydrogen (secondary N) is 2. The van der Waals surface area contributed by atoms with Gasteiger partial charge >= 0.3 is 0 Å². The smallest absolute Gasteiger partial charge is 0.291 e. The van der Waals surface area contributed by atoms with Crippen LogP contribution in [0.3, 0.4) is 0 Å². The number of ether oxygens (including phenoxy) is 2. The first kappa shape index (κ1) is 20.0. The molecule has 0 aliphatic heterocycles. The monoisotopic (exact) mass is 394 g/mol. The summed E-state index contributed by atoms with van der Waals surface area (Å²) < 4.78 is 15.6. The number of amides is 2. The van der Waals surface area contributed by atoms with Crippen molar-refractivity contribution >= 4 is 17.5 Å². The van der Waals surface area contributed by atoms with Crippen LogP contribution < -0.4 is 20.1 Å². The van der Waals surface area contributed by atoms with Crippen LogP contribution in [0.25, 0.3) is 0 Å². The highest BCUT2D eigenvalue weighted by Crippen LogP contribution is 2.24. The van der Waals surface area contributed by atoms with Crippen LogP contribution in [0.1, 0.15) is 21.7 Å². The fourth-order valence-electron chi connectivity index (χ4n) is 2.82. The molecule has 0 radical (unpaired) electrons. The van der Waals surface area contributed by atoms with E-state index in [-0.39, 0.29) is 24.0 Å². The van der Waals surface area contributed by atoms with Gasteiger partial charge in [0.15, 0.2) is 5.76 Å². The van der Waals surface area contributed by atoms with Crippen molar-refractivity contribution in [1.29, 1.82) is 0 Å². The quantitative estimate of drug-likeness (QED) is 0.611. The summed E-state index contributed by atoms with van der Waals surface area (Å²) >= 11 is 0. The van der Waals surface area contributed by atoms with Gasteiger partial charge in [0.2, 0.25) is 5.91 Å². The summed E-state index contributed by atoms with van der Waals surface area (Å²) in [5.41, 5.74) is 2.21. The lowest BCUT2D eigenvalue weighted by Gasteiger charge is -2.11. The molecule has 0 saturated heterocycles. The Morgan fingerprint density at radius 2 is 1.86 bits per heavy atom. The minimum atomic E-state index is -0.332. The molecule has 0 saturated carbocycles. The van der Waals surface area contributed by atoms with Crippen LogP contribution in [0, 0.1) is 0 Å². The molecule has 3 aromatic rings. The Morgan fingerprint density at radius 1 is 1.00 bits per heavy atom. The minimum absolute atomic E-state index is 0.151. The third-order valence-electron chi connectivity index (χ3n) is 4.26. The highest BCUT2D eigenvalue weighted by molar-refractivity contribution is 6.02. The third-order valence-corrected chi connectivity index (χ3v) is 4.26. The zero-order valence-electron chi connectivity index (χ0n) is 16.2. The molecule has 0 spiro atoms. The number of hydrogen-bond acceptors (Lipinski definition) is 5. The van der Waals surface area contributed by atoms with E-state index in [0.29, 0.717) is 23.7 Å². The number of carbonyl (C=O) groups is 2. The second kappa shape index (κ2) is 9.45. The number of benzene rings is 2. The molecule has 1 heterocycles. The largest absolute Gasteiger partial charge is 0.497 e. The van der Waals surface area contributed by atoms with E-state index in [9.17, 15) is 9.59 Å². The summed E-state index contributed by atoms with van der Waals surface area (Å²) in [5, 5.41) is 5.64. The highest BCUT2D eigenvalue weighted by atomic mass is 16.5. The van der Waals surface area contributed by atoms with Gasteiger partial charge in [-0.25, -0.2) is 0 Å². The van der Waals surface area contributed by atoms with Crippen molar-refractivity contribution in [2.45, 2.75) is 13.0 Å². The molecule has 0 atom stereocenters. The van der Waals surface area contributed by atoms with E-state index in [0.717, 1.165) is 11.1 Å². The molecule has 2 amide bonds. The Labute approximate surface area is 168 Å². The molecule has 150 valence electrons. The topological polar surface area (TPSA) is 89.8 Å². The van der Waals surface area contributed by atoms with E-state index in [1.54, 1.807) is 56.7 Å². The van der Waals surface area contributed by atoms with Gasteiger partial charge in [0.1, 0.15) is 11.5 Å². The van der Waals surface area contributed by atoms with E-state index < -0.39 is 0 Å². The molecule has 29 heavy (non-hydrogen) atoms.